The second-order valence-corrected chi connectivity index (χ2v) is 17.7. The molecule has 2 heterocycles. The molecule has 0 amide bonds. The van der Waals surface area contributed by atoms with Crippen LogP contribution in [0.4, 0.5) is 5.82 Å². The van der Waals surface area contributed by atoms with Gasteiger partial charge in [-0.05, 0) is 46.1 Å². The largest absolute Gasteiger partial charge is 0.497 e. The molecule has 0 aliphatic rings. The Morgan fingerprint density at radius 3 is 2.43 bits per heavy atom. The minimum atomic E-state index is -1.23. The van der Waals surface area contributed by atoms with E-state index in [9.17, 15) is 0 Å². The third-order valence-corrected chi connectivity index (χ3v) is 9.18. The Bertz CT molecular complexity index is 1700. The Labute approximate surface area is 253 Å². The maximum Gasteiger partial charge on any atom is 0.225 e. The van der Waals surface area contributed by atoms with Gasteiger partial charge in [-0.1, -0.05) is 62.1 Å². The molecule has 42 heavy (non-hydrogen) atoms. The minimum absolute atomic E-state index is 0.171. The van der Waals surface area contributed by atoms with Crippen molar-refractivity contribution in [1.82, 2.24) is 19.7 Å². The molecule has 0 spiro atoms. The first-order valence-corrected chi connectivity index (χ1v) is 18.1. The van der Waals surface area contributed by atoms with Gasteiger partial charge < -0.3 is 19.1 Å². The normalized spacial score (nSPS) is 11.8. The van der Waals surface area contributed by atoms with Gasteiger partial charge in [0.05, 0.1) is 19.9 Å². The first kappa shape index (κ1) is 29.8. The topological polar surface area (TPSA) is 74.5 Å². The van der Waals surface area contributed by atoms with Crippen molar-refractivity contribution in [3.8, 4) is 11.5 Å². The maximum atomic E-state index is 6.55. The molecule has 0 N–H and O–H groups in total. The summed E-state index contributed by atoms with van der Waals surface area (Å²) in [5.41, 5.74) is 4.48. The number of fused-ring (bicyclic) bond motifs is 2. The van der Waals surface area contributed by atoms with Gasteiger partial charge in [0, 0.05) is 46.3 Å². The summed E-state index contributed by atoms with van der Waals surface area (Å²) in [6, 6.07) is 21.8. The van der Waals surface area contributed by atoms with Crippen molar-refractivity contribution < 1.29 is 14.2 Å². The van der Waals surface area contributed by atoms with Crippen LogP contribution in [-0.4, -0.2) is 55.7 Å². The number of nitrogens with zero attached hydrogens (tertiary/aromatic N) is 5. The summed E-state index contributed by atoms with van der Waals surface area (Å²) in [5.74, 6) is 2.11. The fourth-order valence-electron chi connectivity index (χ4n) is 4.95. The fraction of sp³-hybridized carbons (Fsp3) is 0.344. The molecule has 0 unspecified atom stereocenters. The zero-order valence-corrected chi connectivity index (χ0v) is 26.9. The van der Waals surface area contributed by atoms with Gasteiger partial charge in [-0.2, -0.15) is 10.1 Å². The number of anilines is 1. The molecule has 0 aliphatic carbocycles. The number of aromatic nitrogens is 4. The van der Waals surface area contributed by atoms with Gasteiger partial charge in [0.2, 0.25) is 5.28 Å². The number of methoxy groups -OCH3 is 2. The van der Waals surface area contributed by atoms with Crippen molar-refractivity contribution in [3.63, 3.8) is 0 Å². The molecular formula is C32H38ClN5O3Si. The highest BCUT2D eigenvalue weighted by molar-refractivity contribution is 6.76. The second-order valence-electron chi connectivity index (χ2n) is 11.7. The van der Waals surface area contributed by atoms with E-state index in [1.54, 1.807) is 14.2 Å². The average molecular weight is 604 g/mol. The van der Waals surface area contributed by atoms with Crippen LogP contribution in [0.3, 0.4) is 0 Å². The van der Waals surface area contributed by atoms with Gasteiger partial charge in [-0.15, -0.1) is 0 Å². The quantitative estimate of drug-likeness (QED) is 0.0848. The van der Waals surface area contributed by atoms with Crippen molar-refractivity contribution in [2.24, 2.45) is 0 Å². The zero-order chi connectivity index (χ0) is 29.9. The molecule has 5 rings (SSSR count). The van der Waals surface area contributed by atoms with E-state index in [2.05, 4.69) is 72.1 Å². The van der Waals surface area contributed by atoms with E-state index in [1.165, 1.54) is 10.8 Å². The highest BCUT2D eigenvalue weighted by atomic mass is 35.5. The number of ether oxygens (including phenoxy) is 3. The number of benzene rings is 3. The van der Waals surface area contributed by atoms with E-state index < -0.39 is 8.07 Å². The summed E-state index contributed by atoms with van der Waals surface area (Å²) in [4.78, 5) is 11.3. The highest BCUT2D eigenvalue weighted by Crippen LogP contribution is 2.32. The molecule has 0 atom stereocenters. The molecule has 0 fully saturated rings. The Kier molecular flexibility index (Phi) is 9.01. The molecule has 220 valence electrons. The Hall–Kier alpha value is -3.66. The summed E-state index contributed by atoms with van der Waals surface area (Å²) in [5, 5.41) is 7.58. The molecule has 3 aromatic carbocycles. The molecule has 2 aromatic heterocycles. The molecule has 8 nitrogen and oxygen atoms in total. The molecule has 0 aliphatic heterocycles. The average Bonchev–Trinajstić information content (AvgIpc) is 3.30. The smallest absolute Gasteiger partial charge is 0.225 e. The zero-order valence-electron chi connectivity index (χ0n) is 25.1. The summed E-state index contributed by atoms with van der Waals surface area (Å²) in [7, 11) is 4.03. The summed E-state index contributed by atoms with van der Waals surface area (Å²) in [6.07, 6.45) is 0.627. The first-order chi connectivity index (χ1) is 20.1. The molecule has 10 heteroatoms. The minimum Gasteiger partial charge on any atom is -0.497 e. The van der Waals surface area contributed by atoms with Crippen molar-refractivity contribution >= 4 is 47.3 Å². The van der Waals surface area contributed by atoms with Gasteiger partial charge in [0.15, 0.2) is 11.3 Å². The van der Waals surface area contributed by atoms with Crippen LogP contribution in [0.1, 0.15) is 16.8 Å². The van der Waals surface area contributed by atoms with Crippen LogP contribution in [0.5, 0.6) is 11.5 Å². The van der Waals surface area contributed by atoms with Crippen LogP contribution in [-0.2, 0) is 24.4 Å². The number of halogens is 1. The Morgan fingerprint density at radius 2 is 1.69 bits per heavy atom. The van der Waals surface area contributed by atoms with Gasteiger partial charge in [-0.3, -0.25) is 0 Å². The molecular weight excluding hydrogens is 566 g/mol. The Balaban J connectivity index is 1.53. The third-order valence-electron chi connectivity index (χ3n) is 7.30. The van der Waals surface area contributed by atoms with E-state index in [0.717, 1.165) is 39.9 Å². The Morgan fingerprint density at radius 1 is 0.905 bits per heavy atom. The van der Waals surface area contributed by atoms with Gasteiger partial charge >= 0.3 is 0 Å². The lowest BCUT2D eigenvalue weighted by molar-refractivity contribution is 0.0772. The molecule has 0 saturated carbocycles. The van der Waals surface area contributed by atoms with Crippen LogP contribution >= 0.6 is 11.6 Å². The maximum absolute atomic E-state index is 6.55. The third kappa shape index (κ3) is 6.86. The van der Waals surface area contributed by atoms with Crippen molar-refractivity contribution in [2.45, 2.75) is 45.4 Å². The van der Waals surface area contributed by atoms with E-state index in [-0.39, 0.29) is 5.28 Å². The summed E-state index contributed by atoms with van der Waals surface area (Å²) >= 11 is 6.55. The van der Waals surface area contributed by atoms with E-state index in [0.29, 0.717) is 37.6 Å². The van der Waals surface area contributed by atoms with Gasteiger partial charge in [0.25, 0.3) is 0 Å². The van der Waals surface area contributed by atoms with Gasteiger partial charge in [-0.25, -0.2) is 9.67 Å². The lowest BCUT2D eigenvalue weighted by Crippen LogP contribution is -2.22. The monoisotopic (exact) mass is 603 g/mol. The van der Waals surface area contributed by atoms with Gasteiger partial charge in [0.1, 0.15) is 23.7 Å². The van der Waals surface area contributed by atoms with Crippen LogP contribution < -0.4 is 14.4 Å². The van der Waals surface area contributed by atoms with E-state index >= 15 is 0 Å². The second kappa shape index (κ2) is 12.7. The SMILES string of the molecule is COc1ccc(CN(C)c2nc(Cl)nc3c(Cc4ccc5ccccc5c4)n(COCC[Si](C)(C)C)nc23)c(OC)c1. The van der Waals surface area contributed by atoms with E-state index in [4.69, 9.17) is 30.9 Å². The lowest BCUT2D eigenvalue weighted by Gasteiger charge is -2.20. The molecule has 5 aromatic rings. The van der Waals surface area contributed by atoms with Crippen LogP contribution in [0.2, 0.25) is 31.0 Å². The van der Waals surface area contributed by atoms with Crippen molar-refractivity contribution in [3.05, 3.63) is 82.8 Å². The van der Waals surface area contributed by atoms with E-state index in [1.807, 2.05) is 34.8 Å². The highest BCUT2D eigenvalue weighted by Gasteiger charge is 2.22. The predicted octanol–water partition coefficient (Wildman–Crippen LogP) is 7.19. The van der Waals surface area contributed by atoms with Crippen LogP contribution in [0, 0.1) is 0 Å². The molecule has 0 radical (unpaired) electrons. The van der Waals surface area contributed by atoms with Crippen LogP contribution in [0.15, 0.2) is 60.7 Å². The van der Waals surface area contributed by atoms with Crippen LogP contribution in [0.25, 0.3) is 21.8 Å². The fourth-order valence-corrected chi connectivity index (χ4v) is 5.87. The number of rotatable bonds is 12. The summed E-state index contributed by atoms with van der Waals surface area (Å²) < 4.78 is 19.1. The molecule has 0 bridgehead atoms. The number of hydrogen-bond donors (Lipinski definition) is 0. The predicted molar refractivity (Wildman–Crippen MR) is 173 cm³/mol. The standard InChI is InChI=1S/C32H38ClN5O3Si/c1-37(20-25-13-14-26(39-2)19-28(25)40-3)31-30-29(34-32(33)35-31)27(38(36-30)21-41-15-16-42(4,5)6)18-22-11-12-23-9-7-8-10-24(23)17-22/h7-14,17,19H,15-16,18,20-21H2,1-6H3. The first-order valence-electron chi connectivity index (χ1n) is 14.1. The molecule has 0 saturated heterocycles. The number of hydrogen-bond acceptors (Lipinski definition) is 7. The lowest BCUT2D eigenvalue weighted by atomic mass is 10.0. The summed E-state index contributed by atoms with van der Waals surface area (Å²) in [6.45, 7) is 8.59. The van der Waals surface area contributed by atoms with Crippen molar-refractivity contribution in [1.29, 1.82) is 0 Å². The van der Waals surface area contributed by atoms with Crippen molar-refractivity contribution in [2.75, 3.05) is 32.8 Å².